The standard InChI is InChI=1S/C11H11N3O/c1-8-3-4-9(5-12-8)10-6-13-11(15-2)14-7-10/h3-7H,1-2H3. The second-order valence-electron chi connectivity index (χ2n) is 3.15. The van der Waals surface area contributed by atoms with Gasteiger partial charge in [-0.2, -0.15) is 0 Å². The summed E-state index contributed by atoms with van der Waals surface area (Å²) in [5.41, 5.74) is 2.93. The number of aryl methyl sites for hydroxylation is 1. The van der Waals surface area contributed by atoms with Crippen LogP contribution in [0.3, 0.4) is 0 Å². The Morgan fingerprint density at radius 2 is 1.60 bits per heavy atom. The molecule has 0 unspecified atom stereocenters. The fourth-order valence-corrected chi connectivity index (χ4v) is 1.21. The molecule has 0 aliphatic heterocycles. The summed E-state index contributed by atoms with van der Waals surface area (Å²) >= 11 is 0. The smallest absolute Gasteiger partial charge is 0.316 e. The Hall–Kier alpha value is -1.97. The van der Waals surface area contributed by atoms with Gasteiger partial charge in [-0.15, -0.1) is 0 Å². The van der Waals surface area contributed by atoms with Crippen molar-refractivity contribution >= 4 is 0 Å². The normalized spacial score (nSPS) is 10.0. The van der Waals surface area contributed by atoms with Crippen molar-refractivity contribution in [1.82, 2.24) is 15.0 Å². The maximum Gasteiger partial charge on any atom is 0.316 e. The zero-order valence-electron chi connectivity index (χ0n) is 8.64. The first kappa shape index (κ1) is 9.58. The van der Waals surface area contributed by atoms with Crippen LogP contribution in [-0.4, -0.2) is 22.1 Å². The van der Waals surface area contributed by atoms with Crippen LogP contribution < -0.4 is 4.74 Å². The van der Waals surface area contributed by atoms with E-state index in [4.69, 9.17) is 4.74 Å². The highest BCUT2D eigenvalue weighted by Crippen LogP contribution is 2.17. The van der Waals surface area contributed by atoms with Gasteiger partial charge in [0.25, 0.3) is 0 Å². The molecule has 0 aliphatic carbocycles. The number of hydrogen-bond acceptors (Lipinski definition) is 4. The average molecular weight is 201 g/mol. The van der Waals surface area contributed by atoms with Gasteiger partial charge in [0.1, 0.15) is 0 Å². The largest absolute Gasteiger partial charge is 0.467 e. The van der Waals surface area contributed by atoms with E-state index in [0.717, 1.165) is 16.8 Å². The minimum absolute atomic E-state index is 0.374. The zero-order valence-corrected chi connectivity index (χ0v) is 8.64. The van der Waals surface area contributed by atoms with E-state index < -0.39 is 0 Å². The summed E-state index contributed by atoms with van der Waals surface area (Å²) in [7, 11) is 1.54. The maximum atomic E-state index is 4.89. The summed E-state index contributed by atoms with van der Waals surface area (Å²) in [5, 5.41) is 0. The Kier molecular flexibility index (Phi) is 2.58. The van der Waals surface area contributed by atoms with E-state index in [1.807, 2.05) is 19.1 Å². The van der Waals surface area contributed by atoms with Gasteiger partial charge in [-0.25, -0.2) is 9.97 Å². The molecule has 2 rings (SSSR count). The lowest BCUT2D eigenvalue weighted by Crippen LogP contribution is -1.91. The van der Waals surface area contributed by atoms with Crippen LogP contribution in [0.4, 0.5) is 0 Å². The maximum absolute atomic E-state index is 4.89. The number of aromatic nitrogens is 3. The van der Waals surface area contributed by atoms with Crippen LogP contribution in [0.5, 0.6) is 6.01 Å². The van der Waals surface area contributed by atoms with E-state index in [-0.39, 0.29) is 0 Å². The molecular weight excluding hydrogens is 190 g/mol. The van der Waals surface area contributed by atoms with E-state index in [0.29, 0.717) is 6.01 Å². The SMILES string of the molecule is COc1ncc(-c2ccc(C)nc2)cn1. The molecule has 0 saturated carbocycles. The summed E-state index contributed by atoms with van der Waals surface area (Å²) in [6.45, 7) is 1.95. The predicted molar refractivity (Wildman–Crippen MR) is 56.6 cm³/mol. The van der Waals surface area contributed by atoms with E-state index in [1.54, 1.807) is 25.7 Å². The van der Waals surface area contributed by atoms with Gasteiger partial charge in [0.05, 0.1) is 7.11 Å². The van der Waals surface area contributed by atoms with Crippen LogP contribution >= 0.6 is 0 Å². The van der Waals surface area contributed by atoms with Crippen molar-refractivity contribution in [2.45, 2.75) is 6.92 Å². The molecule has 0 aliphatic rings. The summed E-state index contributed by atoms with van der Waals surface area (Å²) in [6.07, 6.45) is 5.25. The van der Waals surface area contributed by atoms with Gasteiger partial charge in [0.2, 0.25) is 0 Å². The van der Waals surface area contributed by atoms with Crippen LogP contribution in [0.25, 0.3) is 11.1 Å². The second-order valence-corrected chi connectivity index (χ2v) is 3.15. The summed E-state index contributed by atoms with van der Waals surface area (Å²) in [4.78, 5) is 12.3. The molecule has 0 radical (unpaired) electrons. The van der Waals surface area contributed by atoms with Crippen LogP contribution in [-0.2, 0) is 0 Å². The molecule has 4 nitrogen and oxygen atoms in total. The average Bonchev–Trinajstić information content (AvgIpc) is 2.30. The van der Waals surface area contributed by atoms with Crippen molar-refractivity contribution in [3.8, 4) is 17.1 Å². The van der Waals surface area contributed by atoms with Gasteiger partial charge >= 0.3 is 6.01 Å². The van der Waals surface area contributed by atoms with Crippen LogP contribution in [0.2, 0.25) is 0 Å². The summed E-state index contributed by atoms with van der Waals surface area (Å²) in [6, 6.07) is 4.33. The molecule has 76 valence electrons. The lowest BCUT2D eigenvalue weighted by atomic mass is 10.1. The van der Waals surface area contributed by atoms with E-state index >= 15 is 0 Å². The van der Waals surface area contributed by atoms with E-state index in [1.165, 1.54) is 0 Å². The Morgan fingerprint density at radius 1 is 0.933 bits per heavy atom. The van der Waals surface area contributed by atoms with Crippen molar-refractivity contribution in [3.05, 3.63) is 36.4 Å². The third-order valence-electron chi connectivity index (χ3n) is 2.06. The Bertz CT molecular complexity index is 436. The molecular formula is C11H11N3O. The van der Waals surface area contributed by atoms with Gasteiger partial charge in [0, 0.05) is 35.4 Å². The first-order valence-electron chi connectivity index (χ1n) is 4.58. The first-order chi connectivity index (χ1) is 7.29. The number of methoxy groups -OCH3 is 1. The van der Waals surface area contributed by atoms with Gasteiger partial charge < -0.3 is 4.74 Å². The van der Waals surface area contributed by atoms with Gasteiger partial charge in [-0.3, -0.25) is 4.98 Å². The molecule has 0 spiro atoms. The molecule has 15 heavy (non-hydrogen) atoms. The molecule has 0 N–H and O–H groups in total. The van der Waals surface area contributed by atoms with Gasteiger partial charge in [-0.05, 0) is 13.0 Å². The monoisotopic (exact) mass is 201 g/mol. The third-order valence-corrected chi connectivity index (χ3v) is 2.06. The topological polar surface area (TPSA) is 47.9 Å². The number of rotatable bonds is 2. The van der Waals surface area contributed by atoms with Crippen molar-refractivity contribution in [2.24, 2.45) is 0 Å². The minimum Gasteiger partial charge on any atom is -0.467 e. The molecule has 0 bridgehead atoms. The van der Waals surface area contributed by atoms with Crippen molar-refractivity contribution < 1.29 is 4.74 Å². The quantitative estimate of drug-likeness (QED) is 0.744. The van der Waals surface area contributed by atoms with Gasteiger partial charge in [-0.1, -0.05) is 6.07 Å². The van der Waals surface area contributed by atoms with Crippen LogP contribution in [0.1, 0.15) is 5.69 Å². The van der Waals surface area contributed by atoms with Crippen molar-refractivity contribution in [1.29, 1.82) is 0 Å². The van der Waals surface area contributed by atoms with Crippen molar-refractivity contribution in [2.75, 3.05) is 7.11 Å². The summed E-state index contributed by atoms with van der Waals surface area (Å²) in [5.74, 6) is 0. The number of hydrogen-bond donors (Lipinski definition) is 0. The number of pyridine rings is 1. The second kappa shape index (κ2) is 4.04. The van der Waals surface area contributed by atoms with E-state index in [2.05, 4.69) is 15.0 Å². The zero-order chi connectivity index (χ0) is 10.7. The fraction of sp³-hybridized carbons (Fsp3) is 0.182. The molecule has 2 aromatic rings. The fourth-order valence-electron chi connectivity index (χ4n) is 1.21. The highest BCUT2D eigenvalue weighted by molar-refractivity contribution is 5.60. The lowest BCUT2D eigenvalue weighted by molar-refractivity contribution is 0.380. The first-order valence-corrected chi connectivity index (χ1v) is 4.58. The highest BCUT2D eigenvalue weighted by atomic mass is 16.5. The predicted octanol–water partition coefficient (Wildman–Crippen LogP) is 1.86. The molecule has 0 aromatic carbocycles. The molecule has 4 heteroatoms. The summed E-state index contributed by atoms with van der Waals surface area (Å²) < 4.78 is 4.89. The number of ether oxygens (including phenoxy) is 1. The Labute approximate surface area is 88.0 Å². The lowest BCUT2D eigenvalue weighted by Gasteiger charge is -2.01. The van der Waals surface area contributed by atoms with Crippen LogP contribution in [0, 0.1) is 6.92 Å². The Morgan fingerprint density at radius 3 is 2.13 bits per heavy atom. The van der Waals surface area contributed by atoms with E-state index in [9.17, 15) is 0 Å². The molecule has 0 amide bonds. The molecule has 2 aromatic heterocycles. The molecule has 0 saturated heterocycles. The third kappa shape index (κ3) is 2.10. The van der Waals surface area contributed by atoms with Crippen molar-refractivity contribution in [3.63, 3.8) is 0 Å². The minimum atomic E-state index is 0.374. The number of nitrogens with zero attached hydrogens (tertiary/aromatic N) is 3. The molecule has 0 fully saturated rings. The van der Waals surface area contributed by atoms with Crippen LogP contribution in [0.15, 0.2) is 30.7 Å². The molecule has 2 heterocycles. The van der Waals surface area contributed by atoms with Gasteiger partial charge in [0.15, 0.2) is 0 Å². The highest BCUT2D eigenvalue weighted by Gasteiger charge is 2.00. The Balaban J connectivity index is 2.33. The molecule has 0 atom stereocenters.